The summed E-state index contributed by atoms with van der Waals surface area (Å²) in [5, 5.41) is 8.58. The van der Waals surface area contributed by atoms with Gasteiger partial charge in [0, 0.05) is 22.8 Å². The summed E-state index contributed by atoms with van der Waals surface area (Å²) in [6, 6.07) is 7.19. The topological polar surface area (TPSA) is 54.4 Å². The van der Waals surface area contributed by atoms with E-state index in [0.717, 1.165) is 11.1 Å². The Morgan fingerprint density at radius 1 is 1.31 bits per heavy atom. The van der Waals surface area contributed by atoms with Gasteiger partial charge in [0.25, 0.3) is 0 Å². The lowest BCUT2D eigenvalue weighted by Crippen LogP contribution is -2.01. The molecular weight excluding hydrogens is 224 g/mol. The first-order valence-electron chi connectivity index (χ1n) is 5.17. The second-order valence-electron chi connectivity index (χ2n) is 3.11. The molecule has 1 N–H and O–H groups in total. The standard InChI is InChI=1S/C10H12O3S.C2H6/c1-14(13)7-9-4-2-3-8(5-9)6-10(11)12;1-2/h2-5H,6-7H2,1H3,(H,11,12);1-2H3. The number of carboxylic acids is 1. The summed E-state index contributed by atoms with van der Waals surface area (Å²) in [6.45, 7) is 4.00. The molecule has 0 amide bonds. The molecule has 0 aliphatic carbocycles. The molecule has 0 saturated heterocycles. The third-order valence-electron chi connectivity index (χ3n) is 1.72. The van der Waals surface area contributed by atoms with E-state index in [-0.39, 0.29) is 6.42 Å². The molecule has 0 aliphatic heterocycles. The van der Waals surface area contributed by atoms with Gasteiger partial charge in [0.05, 0.1) is 6.42 Å². The van der Waals surface area contributed by atoms with Crippen LogP contribution in [0.4, 0.5) is 0 Å². The predicted molar refractivity (Wildman–Crippen MR) is 66.9 cm³/mol. The number of carboxylic acid groups (broad SMARTS) is 1. The molecule has 0 bridgehead atoms. The van der Waals surface area contributed by atoms with Crippen LogP contribution in [0.5, 0.6) is 0 Å². The fraction of sp³-hybridized carbons (Fsp3) is 0.417. The van der Waals surface area contributed by atoms with E-state index in [0.29, 0.717) is 5.75 Å². The predicted octanol–water partition coefficient (Wildman–Crippen LogP) is 2.22. The number of hydrogen-bond acceptors (Lipinski definition) is 2. The average Bonchev–Trinajstić information content (AvgIpc) is 2.19. The van der Waals surface area contributed by atoms with Crippen LogP contribution in [0.25, 0.3) is 0 Å². The minimum absolute atomic E-state index is 0.0180. The van der Waals surface area contributed by atoms with Crippen molar-refractivity contribution < 1.29 is 14.1 Å². The second-order valence-corrected chi connectivity index (χ2v) is 4.54. The summed E-state index contributed by atoms with van der Waals surface area (Å²) in [7, 11) is -0.885. The highest BCUT2D eigenvalue weighted by atomic mass is 32.2. The molecule has 0 saturated carbocycles. The van der Waals surface area contributed by atoms with E-state index in [1.54, 1.807) is 24.5 Å². The van der Waals surface area contributed by atoms with Crippen molar-refractivity contribution in [2.24, 2.45) is 0 Å². The normalized spacial score (nSPS) is 11.2. The van der Waals surface area contributed by atoms with Crippen LogP contribution in [-0.4, -0.2) is 21.5 Å². The van der Waals surface area contributed by atoms with Crippen LogP contribution in [0.1, 0.15) is 25.0 Å². The first-order chi connectivity index (χ1) is 7.58. The monoisotopic (exact) mass is 242 g/mol. The average molecular weight is 242 g/mol. The molecule has 3 nitrogen and oxygen atoms in total. The van der Waals surface area contributed by atoms with Gasteiger partial charge in [-0.3, -0.25) is 9.00 Å². The third kappa shape index (κ3) is 6.35. The smallest absolute Gasteiger partial charge is 0.307 e. The first-order valence-corrected chi connectivity index (χ1v) is 6.90. The SMILES string of the molecule is CC.CS(=O)Cc1cccc(CC(=O)O)c1. The summed E-state index contributed by atoms with van der Waals surface area (Å²) in [5.41, 5.74) is 1.67. The van der Waals surface area contributed by atoms with Crippen molar-refractivity contribution >= 4 is 16.8 Å². The Morgan fingerprint density at radius 3 is 2.38 bits per heavy atom. The number of benzene rings is 1. The molecule has 0 fully saturated rings. The summed E-state index contributed by atoms with van der Waals surface area (Å²) in [4.78, 5) is 10.4. The summed E-state index contributed by atoms with van der Waals surface area (Å²) in [6.07, 6.45) is 1.65. The highest BCUT2D eigenvalue weighted by Gasteiger charge is 2.02. The molecule has 90 valence electrons. The highest BCUT2D eigenvalue weighted by molar-refractivity contribution is 7.83. The molecule has 4 heteroatoms. The van der Waals surface area contributed by atoms with Gasteiger partial charge in [-0.05, 0) is 11.1 Å². The van der Waals surface area contributed by atoms with Crippen molar-refractivity contribution in [1.29, 1.82) is 0 Å². The molecule has 16 heavy (non-hydrogen) atoms. The van der Waals surface area contributed by atoms with Gasteiger partial charge in [-0.15, -0.1) is 0 Å². The second kappa shape index (κ2) is 8.05. The van der Waals surface area contributed by atoms with Crippen LogP contribution in [0.3, 0.4) is 0 Å². The zero-order valence-electron chi connectivity index (χ0n) is 9.90. The van der Waals surface area contributed by atoms with Crippen molar-refractivity contribution in [3.8, 4) is 0 Å². The Hall–Kier alpha value is -1.16. The summed E-state index contributed by atoms with van der Waals surface area (Å²) < 4.78 is 10.9. The van der Waals surface area contributed by atoms with E-state index in [4.69, 9.17) is 5.11 Å². The van der Waals surface area contributed by atoms with Crippen molar-refractivity contribution in [3.05, 3.63) is 35.4 Å². The van der Waals surface area contributed by atoms with Crippen LogP contribution < -0.4 is 0 Å². The van der Waals surface area contributed by atoms with Gasteiger partial charge in [0.15, 0.2) is 0 Å². The molecule has 1 atom stereocenters. The maximum atomic E-state index is 10.9. The fourth-order valence-electron chi connectivity index (χ4n) is 1.24. The molecular formula is C12H18O3S. The molecule has 1 unspecified atom stereocenters. The lowest BCUT2D eigenvalue weighted by Gasteiger charge is -2.01. The van der Waals surface area contributed by atoms with Crippen LogP contribution in [0.2, 0.25) is 0 Å². The van der Waals surface area contributed by atoms with Gasteiger partial charge in [0.2, 0.25) is 0 Å². The molecule has 1 aromatic rings. The van der Waals surface area contributed by atoms with E-state index in [1.165, 1.54) is 0 Å². The highest BCUT2D eigenvalue weighted by Crippen LogP contribution is 2.07. The van der Waals surface area contributed by atoms with Crippen molar-refractivity contribution in [3.63, 3.8) is 0 Å². The quantitative estimate of drug-likeness (QED) is 0.880. The van der Waals surface area contributed by atoms with Crippen LogP contribution >= 0.6 is 0 Å². The molecule has 0 radical (unpaired) electrons. The van der Waals surface area contributed by atoms with Gasteiger partial charge in [-0.25, -0.2) is 0 Å². The summed E-state index contributed by atoms with van der Waals surface area (Å²) >= 11 is 0. The van der Waals surface area contributed by atoms with Crippen LogP contribution in [-0.2, 0) is 27.8 Å². The fourth-order valence-corrected chi connectivity index (χ4v) is 1.89. The minimum Gasteiger partial charge on any atom is -0.481 e. The first kappa shape index (κ1) is 14.8. The largest absolute Gasteiger partial charge is 0.481 e. The molecule has 1 rings (SSSR count). The lowest BCUT2D eigenvalue weighted by atomic mass is 10.1. The molecule has 0 aliphatic rings. The Bertz CT molecular complexity index is 330. The van der Waals surface area contributed by atoms with Crippen molar-refractivity contribution in [1.82, 2.24) is 0 Å². The Kier molecular flexibility index (Phi) is 7.46. The molecule has 1 aromatic carbocycles. The van der Waals surface area contributed by atoms with Crippen molar-refractivity contribution in [2.45, 2.75) is 26.0 Å². The summed E-state index contributed by atoms with van der Waals surface area (Å²) in [5.74, 6) is -0.368. The zero-order chi connectivity index (χ0) is 12.6. The van der Waals surface area contributed by atoms with E-state index < -0.39 is 16.8 Å². The number of rotatable bonds is 4. The van der Waals surface area contributed by atoms with Gasteiger partial charge < -0.3 is 5.11 Å². The number of aliphatic carboxylic acids is 1. The Labute approximate surface area is 99.0 Å². The van der Waals surface area contributed by atoms with Crippen molar-refractivity contribution in [2.75, 3.05) is 6.26 Å². The number of hydrogen-bond donors (Lipinski definition) is 1. The maximum absolute atomic E-state index is 10.9. The van der Waals surface area contributed by atoms with Crippen LogP contribution in [0.15, 0.2) is 24.3 Å². The van der Waals surface area contributed by atoms with Gasteiger partial charge in [-0.1, -0.05) is 38.1 Å². The zero-order valence-corrected chi connectivity index (χ0v) is 10.7. The van der Waals surface area contributed by atoms with E-state index in [9.17, 15) is 9.00 Å². The molecule has 0 spiro atoms. The van der Waals surface area contributed by atoms with Gasteiger partial charge >= 0.3 is 5.97 Å². The molecule has 0 aromatic heterocycles. The van der Waals surface area contributed by atoms with E-state index in [2.05, 4.69) is 0 Å². The lowest BCUT2D eigenvalue weighted by molar-refractivity contribution is -0.136. The van der Waals surface area contributed by atoms with Gasteiger partial charge in [-0.2, -0.15) is 0 Å². The van der Waals surface area contributed by atoms with E-state index in [1.807, 2.05) is 19.9 Å². The Balaban J connectivity index is 0.00000106. The van der Waals surface area contributed by atoms with Gasteiger partial charge in [0.1, 0.15) is 0 Å². The maximum Gasteiger partial charge on any atom is 0.307 e. The Morgan fingerprint density at radius 2 is 1.88 bits per heavy atom. The number of carbonyl (C=O) groups is 1. The molecule has 0 heterocycles. The van der Waals surface area contributed by atoms with Crippen LogP contribution in [0, 0.1) is 0 Å². The third-order valence-corrected chi connectivity index (χ3v) is 2.46. The minimum atomic E-state index is -0.885. The van der Waals surface area contributed by atoms with E-state index >= 15 is 0 Å².